The Morgan fingerprint density at radius 1 is 1.07 bits per heavy atom. The third-order valence-electron chi connectivity index (χ3n) is 4.01. The van der Waals surface area contributed by atoms with E-state index in [0.717, 1.165) is 16.9 Å². The van der Waals surface area contributed by atoms with Crippen LogP contribution in [-0.4, -0.2) is 37.7 Å². The van der Waals surface area contributed by atoms with Gasteiger partial charge in [0.2, 0.25) is 0 Å². The summed E-state index contributed by atoms with van der Waals surface area (Å²) in [5.41, 5.74) is 1.54. The Kier molecular flexibility index (Phi) is 6.46. The first-order valence-corrected chi connectivity index (χ1v) is 9.65. The number of nitrogens with one attached hydrogen (secondary N) is 1. The number of benzene rings is 2. The Balaban J connectivity index is 1.93. The van der Waals surface area contributed by atoms with E-state index in [1.165, 1.54) is 14.2 Å². The molecule has 0 radical (unpaired) electrons. The van der Waals surface area contributed by atoms with Crippen molar-refractivity contribution in [3.05, 3.63) is 59.0 Å². The Morgan fingerprint density at radius 3 is 2.48 bits per heavy atom. The quantitative estimate of drug-likeness (QED) is 0.584. The van der Waals surface area contributed by atoms with E-state index in [1.807, 2.05) is 30.3 Å². The predicted molar refractivity (Wildman–Crippen MR) is 111 cm³/mol. The molecule has 7 nitrogen and oxygen atoms in total. The summed E-state index contributed by atoms with van der Waals surface area (Å²) in [6, 6.07) is 14.2. The van der Waals surface area contributed by atoms with Gasteiger partial charge < -0.3 is 14.2 Å². The van der Waals surface area contributed by atoms with Crippen LogP contribution in [0.4, 0.5) is 5.13 Å². The van der Waals surface area contributed by atoms with Crippen molar-refractivity contribution in [1.29, 1.82) is 0 Å². The third-order valence-corrected chi connectivity index (χ3v) is 4.96. The minimum atomic E-state index is -0.480. The molecule has 0 atom stereocenters. The summed E-state index contributed by atoms with van der Waals surface area (Å²) < 4.78 is 15.6. The Labute approximate surface area is 172 Å². The average Bonchev–Trinajstić information content (AvgIpc) is 3.17. The van der Waals surface area contributed by atoms with Gasteiger partial charge in [-0.3, -0.25) is 10.1 Å². The number of methoxy groups -OCH3 is 2. The number of anilines is 1. The lowest BCUT2D eigenvalue weighted by molar-refractivity contribution is 0.0532. The number of rotatable bonds is 7. The molecule has 0 aliphatic carbocycles. The van der Waals surface area contributed by atoms with Crippen molar-refractivity contribution in [2.24, 2.45) is 0 Å². The minimum Gasteiger partial charge on any atom is -0.497 e. The van der Waals surface area contributed by atoms with Crippen molar-refractivity contribution in [3.63, 3.8) is 0 Å². The maximum Gasteiger partial charge on any atom is 0.350 e. The second-order valence-corrected chi connectivity index (χ2v) is 6.80. The summed E-state index contributed by atoms with van der Waals surface area (Å²) in [7, 11) is 3.01. The SMILES string of the molecule is CCOC(=O)c1sc(NC(=O)c2ccc(OC)cc2OC)nc1-c1ccccc1. The van der Waals surface area contributed by atoms with Gasteiger partial charge in [-0.1, -0.05) is 41.7 Å². The van der Waals surface area contributed by atoms with E-state index in [1.54, 1.807) is 25.1 Å². The van der Waals surface area contributed by atoms with Gasteiger partial charge in [-0.15, -0.1) is 0 Å². The second kappa shape index (κ2) is 9.20. The molecule has 1 amide bonds. The van der Waals surface area contributed by atoms with Crippen molar-refractivity contribution < 1.29 is 23.8 Å². The van der Waals surface area contributed by atoms with Crippen LogP contribution >= 0.6 is 11.3 Å². The largest absolute Gasteiger partial charge is 0.497 e. The van der Waals surface area contributed by atoms with Gasteiger partial charge in [0.05, 0.1) is 32.1 Å². The molecular formula is C21H20N2O5S. The molecule has 2 aromatic carbocycles. The second-order valence-electron chi connectivity index (χ2n) is 5.80. The molecule has 0 spiro atoms. The molecule has 0 bridgehead atoms. The molecule has 8 heteroatoms. The lowest BCUT2D eigenvalue weighted by Gasteiger charge is -2.09. The normalized spacial score (nSPS) is 10.3. The summed E-state index contributed by atoms with van der Waals surface area (Å²) in [4.78, 5) is 29.9. The van der Waals surface area contributed by atoms with Crippen molar-refractivity contribution in [2.45, 2.75) is 6.92 Å². The van der Waals surface area contributed by atoms with Gasteiger partial charge >= 0.3 is 5.97 Å². The monoisotopic (exact) mass is 412 g/mol. The molecule has 150 valence electrons. The van der Waals surface area contributed by atoms with Crippen molar-refractivity contribution in [3.8, 4) is 22.8 Å². The average molecular weight is 412 g/mol. The fourth-order valence-electron chi connectivity index (χ4n) is 2.65. The summed E-state index contributed by atoms with van der Waals surface area (Å²) in [6.45, 7) is 1.98. The highest BCUT2D eigenvalue weighted by Crippen LogP contribution is 2.33. The maximum absolute atomic E-state index is 12.8. The molecule has 1 heterocycles. The van der Waals surface area contributed by atoms with Crippen LogP contribution in [0.25, 0.3) is 11.3 Å². The molecule has 0 saturated carbocycles. The van der Waals surface area contributed by atoms with E-state index in [0.29, 0.717) is 27.6 Å². The molecule has 0 aliphatic rings. The molecule has 0 aliphatic heterocycles. The Hall–Kier alpha value is -3.39. The molecule has 1 aromatic heterocycles. The highest BCUT2D eigenvalue weighted by atomic mass is 32.1. The summed E-state index contributed by atoms with van der Waals surface area (Å²) in [5, 5.41) is 3.02. The van der Waals surface area contributed by atoms with Crippen LogP contribution in [0.15, 0.2) is 48.5 Å². The fraction of sp³-hybridized carbons (Fsp3) is 0.190. The lowest BCUT2D eigenvalue weighted by atomic mass is 10.1. The van der Waals surface area contributed by atoms with Crippen molar-refractivity contribution in [1.82, 2.24) is 4.98 Å². The zero-order chi connectivity index (χ0) is 20.8. The van der Waals surface area contributed by atoms with Crippen LogP contribution < -0.4 is 14.8 Å². The Morgan fingerprint density at radius 2 is 1.83 bits per heavy atom. The van der Waals surface area contributed by atoms with Gasteiger partial charge in [-0.05, 0) is 19.1 Å². The molecule has 3 aromatic rings. The van der Waals surface area contributed by atoms with Gasteiger partial charge in [-0.25, -0.2) is 9.78 Å². The van der Waals surface area contributed by atoms with E-state index >= 15 is 0 Å². The van der Waals surface area contributed by atoms with Gasteiger partial charge in [0.15, 0.2) is 5.13 Å². The summed E-state index contributed by atoms with van der Waals surface area (Å²) in [5.74, 6) is 0.0515. The van der Waals surface area contributed by atoms with Crippen LogP contribution in [0, 0.1) is 0 Å². The molecule has 0 unspecified atom stereocenters. The first-order valence-electron chi connectivity index (χ1n) is 8.84. The van der Waals surface area contributed by atoms with Crippen molar-refractivity contribution in [2.75, 3.05) is 26.1 Å². The molecular weight excluding hydrogens is 392 g/mol. The molecule has 0 fully saturated rings. The van der Waals surface area contributed by atoms with Gasteiger partial charge in [0, 0.05) is 11.6 Å². The van der Waals surface area contributed by atoms with Gasteiger partial charge in [-0.2, -0.15) is 0 Å². The van der Waals surface area contributed by atoms with Crippen LogP contribution in [0.5, 0.6) is 11.5 Å². The highest BCUT2D eigenvalue weighted by Gasteiger charge is 2.22. The molecule has 3 rings (SSSR count). The lowest BCUT2D eigenvalue weighted by Crippen LogP contribution is -2.13. The molecule has 29 heavy (non-hydrogen) atoms. The van der Waals surface area contributed by atoms with Gasteiger partial charge in [0.1, 0.15) is 16.4 Å². The number of amides is 1. The zero-order valence-electron chi connectivity index (χ0n) is 16.2. The number of carbonyl (C=O) groups is 2. The van der Waals surface area contributed by atoms with Crippen LogP contribution in [0.2, 0.25) is 0 Å². The first kappa shape index (κ1) is 20.3. The van der Waals surface area contributed by atoms with Crippen LogP contribution in [0.1, 0.15) is 27.0 Å². The maximum atomic E-state index is 12.8. The number of hydrogen-bond acceptors (Lipinski definition) is 7. The van der Waals surface area contributed by atoms with E-state index in [-0.39, 0.29) is 11.7 Å². The predicted octanol–water partition coefficient (Wildman–Crippen LogP) is 4.26. The fourth-order valence-corrected chi connectivity index (χ4v) is 3.53. The van der Waals surface area contributed by atoms with Crippen LogP contribution in [-0.2, 0) is 4.74 Å². The van der Waals surface area contributed by atoms with E-state index in [4.69, 9.17) is 14.2 Å². The molecule has 0 saturated heterocycles. The summed E-state index contributed by atoms with van der Waals surface area (Å²) >= 11 is 1.06. The summed E-state index contributed by atoms with van der Waals surface area (Å²) in [6.07, 6.45) is 0. The third kappa shape index (κ3) is 4.55. The number of esters is 1. The van der Waals surface area contributed by atoms with E-state index in [2.05, 4.69) is 10.3 Å². The number of hydrogen-bond donors (Lipinski definition) is 1. The topological polar surface area (TPSA) is 86.8 Å². The minimum absolute atomic E-state index is 0.246. The number of thiazole rings is 1. The van der Waals surface area contributed by atoms with Crippen molar-refractivity contribution >= 4 is 28.3 Å². The number of carbonyl (C=O) groups excluding carboxylic acids is 2. The van der Waals surface area contributed by atoms with Crippen LogP contribution in [0.3, 0.4) is 0 Å². The van der Waals surface area contributed by atoms with E-state index < -0.39 is 11.9 Å². The number of ether oxygens (including phenoxy) is 3. The van der Waals surface area contributed by atoms with Gasteiger partial charge in [0.25, 0.3) is 5.91 Å². The smallest absolute Gasteiger partial charge is 0.350 e. The first-order chi connectivity index (χ1) is 14.1. The highest BCUT2D eigenvalue weighted by molar-refractivity contribution is 7.18. The Bertz CT molecular complexity index is 1020. The zero-order valence-corrected chi connectivity index (χ0v) is 17.0. The van der Waals surface area contributed by atoms with E-state index in [9.17, 15) is 9.59 Å². The molecule has 1 N–H and O–H groups in total. The number of aromatic nitrogens is 1. The standard InChI is InChI=1S/C21H20N2O5S/c1-4-28-20(25)18-17(13-8-6-5-7-9-13)22-21(29-18)23-19(24)15-11-10-14(26-2)12-16(15)27-3/h5-12H,4H2,1-3H3,(H,22,23,24). The number of nitrogens with zero attached hydrogens (tertiary/aromatic N) is 1.